The maximum absolute atomic E-state index is 5.48. The highest BCUT2D eigenvalue weighted by Gasteiger charge is 2.16. The van der Waals surface area contributed by atoms with Gasteiger partial charge < -0.3 is 15.4 Å². The highest BCUT2D eigenvalue weighted by atomic mass is 16.5. The Labute approximate surface area is 116 Å². The van der Waals surface area contributed by atoms with E-state index in [1.807, 2.05) is 12.3 Å². The minimum atomic E-state index is 0.464. The van der Waals surface area contributed by atoms with E-state index in [9.17, 15) is 0 Å². The van der Waals surface area contributed by atoms with E-state index in [1.54, 1.807) is 0 Å². The molecule has 0 aromatic carbocycles. The van der Waals surface area contributed by atoms with Crippen molar-refractivity contribution in [3.63, 3.8) is 0 Å². The van der Waals surface area contributed by atoms with Gasteiger partial charge in [0.2, 0.25) is 0 Å². The molecule has 1 fully saturated rings. The van der Waals surface area contributed by atoms with E-state index in [4.69, 9.17) is 4.74 Å². The molecule has 1 aromatic rings. The van der Waals surface area contributed by atoms with Gasteiger partial charge in [0, 0.05) is 31.4 Å². The third-order valence-corrected chi connectivity index (χ3v) is 3.62. The number of rotatable bonds is 6. The van der Waals surface area contributed by atoms with E-state index >= 15 is 0 Å². The Bertz CT molecular complexity index is 377. The smallest absolute Gasteiger partial charge is 0.0620 e. The number of pyridine rings is 1. The van der Waals surface area contributed by atoms with Gasteiger partial charge in [0.05, 0.1) is 18.9 Å². The van der Waals surface area contributed by atoms with Gasteiger partial charge in [-0.1, -0.05) is 13.0 Å². The van der Waals surface area contributed by atoms with Crippen LogP contribution in [0.1, 0.15) is 31.5 Å². The van der Waals surface area contributed by atoms with Gasteiger partial charge in [0.1, 0.15) is 0 Å². The first-order valence-corrected chi connectivity index (χ1v) is 7.27. The Balaban J connectivity index is 1.77. The van der Waals surface area contributed by atoms with E-state index in [-0.39, 0.29) is 0 Å². The Morgan fingerprint density at radius 3 is 3.21 bits per heavy atom. The normalized spacial score (nSPS) is 21.3. The lowest BCUT2D eigenvalue weighted by Gasteiger charge is -2.26. The Morgan fingerprint density at radius 2 is 2.47 bits per heavy atom. The molecule has 0 aliphatic carbocycles. The highest BCUT2D eigenvalue weighted by molar-refractivity contribution is 5.19. The molecular weight excluding hydrogens is 238 g/mol. The molecule has 1 saturated heterocycles. The molecule has 0 radical (unpaired) electrons. The number of aryl methyl sites for hydroxylation is 1. The minimum Gasteiger partial charge on any atom is -0.379 e. The van der Waals surface area contributed by atoms with Crippen molar-refractivity contribution in [1.82, 2.24) is 15.6 Å². The lowest BCUT2D eigenvalue weighted by atomic mass is 10.1. The fourth-order valence-corrected chi connectivity index (χ4v) is 2.50. The predicted octanol–water partition coefficient (Wildman–Crippen LogP) is 1.50. The average Bonchev–Trinajstić information content (AvgIpc) is 2.46. The third kappa shape index (κ3) is 4.56. The SMILES string of the molecule is CCc1cccnc1CNC(C)CC1COCCN1. The summed E-state index contributed by atoms with van der Waals surface area (Å²) in [5.74, 6) is 0. The maximum Gasteiger partial charge on any atom is 0.0620 e. The fourth-order valence-electron chi connectivity index (χ4n) is 2.50. The first kappa shape index (κ1) is 14.4. The highest BCUT2D eigenvalue weighted by Crippen LogP contribution is 2.07. The standard InChI is InChI=1S/C15H25N3O/c1-3-13-5-4-6-17-15(13)10-18-12(2)9-14-11-19-8-7-16-14/h4-6,12,14,16,18H,3,7-11H2,1-2H3. The Hall–Kier alpha value is -0.970. The summed E-state index contributed by atoms with van der Waals surface area (Å²) in [6, 6.07) is 5.11. The largest absolute Gasteiger partial charge is 0.379 e. The van der Waals surface area contributed by atoms with Crippen LogP contribution in [0.2, 0.25) is 0 Å². The fraction of sp³-hybridized carbons (Fsp3) is 0.667. The lowest BCUT2D eigenvalue weighted by Crippen LogP contribution is -2.44. The molecule has 0 spiro atoms. The van der Waals surface area contributed by atoms with Crippen LogP contribution in [0.15, 0.2) is 18.3 Å². The topological polar surface area (TPSA) is 46.2 Å². The number of aromatic nitrogens is 1. The van der Waals surface area contributed by atoms with Crippen molar-refractivity contribution in [3.05, 3.63) is 29.6 Å². The van der Waals surface area contributed by atoms with Gasteiger partial charge in [0.25, 0.3) is 0 Å². The van der Waals surface area contributed by atoms with Crippen LogP contribution in [-0.2, 0) is 17.7 Å². The van der Waals surface area contributed by atoms with Crippen LogP contribution >= 0.6 is 0 Å². The molecule has 2 rings (SSSR count). The van der Waals surface area contributed by atoms with Crippen molar-refractivity contribution in [2.24, 2.45) is 0 Å². The number of nitrogens with zero attached hydrogens (tertiary/aromatic N) is 1. The molecule has 4 heteroatoms. The summed E-state index contributed by atoms with van der Waals surface area (Å²) in [6.45, 7) is 7.89. The molecule has 1 aliphatic rings. The third-order valence-electron chi connectivity index (χ3n) is 3.62. The molecule has 19 heavy (non-hydrogen) atoms. The number of ether oxygens (including phenoxy) is 1. The monoisotopic (exact) mass is 263 g/mol. The van der Waals surface area contributed by atoms with Gasteiger partial charge in [0.15, 0.2) is 0 Å². The van der Waals surface area contributed by atoms with Crippen LogP contribution in [0.5, 0.6) is 0 Å². The van der Waals surface area contributed by atoms with E-state index in [0.717, 1.165) is 39.1 Å². The summed E-state index contributed by atoms with van der Waals surface area (Å²) in [6.07, 6.45) is 4.00. The zero-order valence-electron chi connectivity index (χ0n) is 12.0. The molecular formula is C15H25N3O. The summed E-state index contributed by atoms with van der Waals surface area (Å²) in [5, 5.41) is 7.05. The lowest BCUT2D eigenvalue weighted by molar-refractivity contribution is 0.0712. The summed E-state index contributed by atoms with van der Waals surface area (Å²) in [7, 11) is 0. The maximum atomic E-state index is 5.48. The van der Waals surface area contributed by atoms with Crippen molar-refractivity contribution in [2.75, 3.05) is 19.8 Å². The zero-order chi connectivity index (χ0) is 13.5. The summed E-state index contributed by atoms with van der Waals surface area (Å²) in [5.41, 5.74) is 2.51. The van der Waals surface area contributed by atoms with Crippen LogP contribution in [0.4, 0.5) is 0 Å². The van der Waals surface area contributed by atoms with Crippen molar-refractivity contribution in [2.45, 2.75) is 45.3 Å². The second-order valence-electron chi connectivity index (χ2n) is 5.21. The molecule has 0 saturated carbocycles. The van der Waals surface area contributed by atoms with Gasteiger partial charge >= 0.3 is 0 Å². The second-order valence-corrected chi connectivity index (χ2v) is 5.21. The Morgan fingerprint density at radius 1 is 1.58 bits per heavy atom. The number of hydrogen-bond acceptors (Lipinski definition) is 4. The zero-order valence-corrected chi connectivity index (χ0v) is 12.0. The van der Waals surface area contributed by atoms with Crippen LogP contribution in [0.25, 0.3) is 0 Å². The molecule has 106 valence electrons. The van der Waals surface area contributed by atoms with Gasteiger partial charge in [-0.3, -0.25) is 4.98 Å². The first-order valence-electron chi connectivity index (χ1n) is 7.27. The number of morpholine rings is 1. The molecule has 2 atom stereocenters. The molecule has 0 amide bonds. The molecule has 2 unspecified atom stereocenters. The molecule has 1 aromatic heterocycles. The summed E-state index contributed by atoms with van der Waals surface area (Å²) >= 11 is 0. The van der Waals surface area contributed by atoms with Gasteiger partial charge in [-0.05, 0) is 31.4 Å². The van der Waals surface area contributed by atoms with Gasteiger partial charge in [-0.15, -0.1) is 0 Å². The quantitative estimate of drug-likeness (QED) is 0.816. The van der Waals surface area contributed by atoms with Gasteiger partial charge in [-0.25, -0.2) is 0 Å². The van der Waals surface area contributed by atoms with Gasteiger partial charge in [-0.2, -0.15) is 0 Å². The number of nitrogens with one attached hydrogen (secondary N) is 2. The predicted molar refractivity (Wildman–Crippen MR) is 77.1 cm³/mol. The van der Waals surface area contributed by atoms with Crippen molar-refractivity contribution in [3.8, 4) is 0 Å². The second kappa shape index (κ2) is 7.58. The molecule has 2 N–H and O–H groups in total. The molecule has 4 nitrogen and oxygen atoms in total. The van der Waals surface area contributed by atoms with Crippen LogP contribution < -0.4 is 10.6 Å². The molecule has 1 aliphatic heterocycles. The van der Waals surface area contributed by atoms with Crippen molar-refractivity contribution >= 4 is 0 Å². The minimum absolute atomic E-state index is 0.464. The van der Waals surface area contributed by atoms with Crippen molar-refractivity contribution < 1.29 is 4.74 Å². The van der Waals surface area contributed by atoms with E-state index < -0.39 is 0 Å². The molecule has 2 heterocycles. The van der Waals surface area contributed by atoms with E-state index in [2.05, 4.69) is 35.5 Å². The van der Waals surface area contributed by atoms with E-state index in [1.165, 1.54) is 11.3 Å². The van der Waals surface area contributed by atoms with Crippen LogP contribution in [0, 0.1) is 0 Å². The molecule has 0 bridgehead atoms. The van der Waals surface area contributed by atoms with Crippen LogP contribution in [0.3, 0.4) is 0 Å². The summed E-state index contributed by atoms with van der Waals surface area (Å²) in [4.78, 5) is 4.47. The van der Waals surface area contributed by atoms with Crippen LogP contribution in [-0.4, -0.2) is 36.8 Å². The number of hydrogen-bond donors (Lipinski definition) is 2. The average molecular weight is 263 g/mol. The summed E-state index contributed by atoms with van der Waals surface area (Å²) < 4.78 is 5.48. The Kier molecular flexibility index (Phi) is 5.76. The first-order chi connectivity index (χ1) is 9.29. The van der Waals surface area contributed by atoms with E-state index in [0.29, 0.717) is 12.1 Å². The van der Waals surface area contributed by atoms with Crippen molar-refractivity contribution in [1.29, 1.82) is 0 Å².